The third-order valence-corrected chi connectivity index (χ3v) is 10.8. The fraction of sp³-hybridized carbons (Fsp3) is 0.512. The zero-order valence-corrected chi connectivity index (χ0v) is 31.3. The number of fused-ring (bicyclic) bond motifs is 1. The fourth-order valence-electron chi connectivity index (χ4n) is 8.20. The number of nitrogens with zero attached hydrogens (tertiary/aromatic N) is 1. The molecule has 0 aromatic heterocycles. The highest BCUT2D eigenvalue weighted by molar-refractivity contribution is 5.82. The van der Waals surface area contributed by atoms with Crippen LogP contribution in [-0.2, 0) is 37.0 Å². The molecule has 3 aromatic carbocycles. The monoisotopic (exact) mass is 725 g/mol. The van der Waals surface area contributed by atoms with Gasteiger partial charge < -0.3 is 30.3 Å². The normalized spacial score (nSPS) is 24.9. The molecule has 3 fully saturated rings. The van der Waals surface area contributed by atoms with E-state index in [4.69, 9.17) is 14.6 Å². The molecule has 2 aliphatic heterocycles. The average molecular weight is 726 g/mol. The Morgan fingerprint density at radius 2 is 1.57 bits per heavy atom. The Morgan fingerprint density at radius 3 is 2.28 bits per heavy atom. The van der Waals surface area contributed by atoms with Crippen molar-refractivity contribution in [3.8, 4) is 11.1 Å². The smallest absolute Gasteiger partial charge is 0.303 e. The molecule has 0 unspecified atom stereocenters. The molecule has 0 spiro atoms. The molecule has 1 aliphatic carbocycles. The van der Waals surface area contributed by atoms with Crippen LogP contribution in [0.5, 0.6) is 0 Å². The van der Waals surface area contributed by atoms with Crippen molar-refractivity contribution in [1.29, 1.82) is 0 Å². The van der Waals surface area contributed by atoms with Crippen molar-refractivity contribution in [2.75, 3.05) is 6.54 Å². The van der Waals surface area contributed by atoms with Crippen LogP contribution in [0.15, 0.2) is 72.8 Å². The number of piperidine rings is 1. The fourth-order valence-corrected chi connectivity index (χ4v) is 8.20. The summed E-state index contributed by atoms with van der Waals surface area (Å²) < 4.78 is 13.5. The Balaban J connectivity index is 1.21. The van der Waals surface area contributed by atoms with Crippen molar-refractivity contribution in [2.45, 2.75) is 128 Å². The lowest BCUT2D eigenvalue weighted by Crippen LogP contribution is -2.61. The summed E-state index contributed by atoms with van der Waals surface area (Å²) in [5.41, 5.74) is 5.36. The van der Waals surface area contributed by atoms with E-state index in [0.29, 0.717) is 31.5 Å². The van der Waals surface area contributed by atoms with Gasteiger partial charge in [0.15, 0.2) is 6.29 Å². The van der Waals surface area contributed by atoms with Crippen LogP contribution in [0.2, 0.25) is 0 Å². The summed E-state index contributed by atoms with van der Waals surface area (Å²) in [6.07, 6.45) is 6.04. The molecule has 6 rings (SSSR count). The van der Waals surface area contributed by atoms with Crippen LogP contribution < -0.4 is 10.6 Å². The van der Waals surface area contributed by atoms with Gasteiger partial charge in [0, 0.05) is 43.1 Å². The van der Waals surface area contributed by atoms with Gasteiger partial charge in [0.2, 0.25) is 11.8 Å². The second kappa shape index (κ2) is 17.4. The minimum absolute atomic E-state index is 0.0214. The summed E-state index contributed by atoms with van der Waals surface area (Å²) in [7, 11) is 0. The predicted molar refractivity (Wildman–Crippen MR) is 202 cm³/mol. The van der Waals surface area contributed by atoms with Gasteiger partial charge in [-0.2, -0.15) is 0 Å². The first kappa shape index (κ1) is 38.6. The SMILES string of the molecule is CC(C)(C)NC(=O)[C@H]1CC[C@H]2CCCC[C@H]2N1C[C@@H]1C[C@H](c2ccc(CO)cc2)O[C@H](c2ccc(-c3cccc(CNC(=O)CCC(=O)O)c3)cc2)O1. The summed E-state index contributed by atoms with van der Waals surface area (Å²) in [6, 6.07) is 24.2. The molecule has 6 atom stereocenters. The second-order valence-electron chi connectivity index (χ2n) is 16.0. The number of nitrogens with one attached hydrogen (secondary N) is 2. The number of aliphatic carboxylic acids is 1. The van der Waals surface area contributed by atoms with E-state index in [-0.39, 0.29) is 55.1 Å². The molecule has 3 aromatic rings. The first-order valence-electron chi connectivity index (χ1n) is 19.2. The van der Waals surface area contributed by atoms with E-state index in [1.54, 1.807) is 0 Å². The third kappa shape index (κ3) is 10.3. The Labute approximate surface area is 313 Å². The van der Waals surface area contributed by atoms with Gasteiger partial charge in [-0.25, -0.2) is 0 Å². The summed E-state index contributed by atoms with van der Waals surface area (Å²) in [5.74, 6) is -0.593. The lowest BCUT2D eigenvalue weighted by molar-refractivity contribution is -0.255. The van der Waals surface area contributed by atoms with E-state index in [2.05, 4.69) is 15.5 Å². The molecule has 10 heteroatoms. The first-order valence-corrected chi connectivity index (χ1v) is 19.2. The predicted octanol–water partition coefficient (Wildman–Crippen LogP) is 6.81. The van der Waals surface area contributed by atoms with Gasteiger partial charge in [0.25, 0.3) is 0 Å². The van der Waals surface area contributed by atoms with Crippen molar-refractivity contribution in [2.24, 2.45) is 5.92 Å². The molecule has 3 aliphatic rings. The Hall–Kier alpha value is -4.09. The zero-order chi connectivity index (χ0) is 37.5. The average Bonchev–Trinajstić information content (AvgIpc) is 3.15. The summed E-state index contributed by atoms with van der Waals surface area (Å²) >= 11 is 0. The minimum atomic E-state index is -0.994. The van der Waals surface area contributed by atoms with E-state index < -0.39 is 12.3 Å². The van der Waals surface area contributed by atoms with Crippen LogP contribution in [0.3, 0.4) is 0 Å². The molecule has 2 amide bonds. The summed E-state index contributed by atoms with van der Waals surface area (Å²) in [5, 5.41) is 24.6. The molecular formula is C43H55N3O7. The van der Waals surface area contributed by atoms with Gasteiger partial charge in [-0.05, 0) is 86.3 Å². The number of aliphatic hydroxyl groups is 1. The van der Waals surface area contributed by atoms with E-state index in [1.165, 1.54) is 19.3 Å². The quantitative estimate of drug-likeness (QED) is 0.160. The van der Waals surface area contributed by atoms with Crippen molar-refractivity contribution in [1.82, 2.24) is 15.5 Å². The third-order valence-electron chi connectivity index (χ3n) is 10.8. The van der Waals surface area contributed by atoms with Crippen LogP contribution in [0.25, 0.3) is 11.1 Å². The number of ether oxygens (including phenoxy) is 2. The standard InChI is InChI=1S/C43H55N3O7/c1-43(2,3)45-41(51)37-20-19-31-8-4-5-10-36(31)46(37)26-35-24-38(32-13-11-28(27-47)12-14-32)53-42(52-35)33-17-15-30(16-18-33)34-9-6-7-29(23-34)25-44-39(48)21-22-40(49)50/h6-7,9,11-18,23,31,35-38,42,47H,4-5,8,10,19-22,24-27H2,1-3H3,(H,44,48)(H,45,51)(H,49,50)/t31-,35+,36-,37-,38-,42-/m1/s1. The molecule has 2 saturated heterocycles. The maximum atomic E-state index is 13.8. The molecule has 53 heavy (non-hydrogen) atoms. The van der Waals surface area contributed by atoms with Crippen molar-refractivity contribution in [3.05, 3.63) is 95.1 Å². The number of carboxylic acids is 1. The van der Waals surface area contributed by atoms with E-state index in [0.717, 1.165) is 52.6 Å². The van der Waals surface area contributed by atoms with Gasteiger partial charge >= 0.3 is 5.97 Å². The largest absolute Gasteiger partial charge is 0.481 e. The molecule has 0 bridgehead atoms. The molecule has 284 valence electrons. The van der Waals surface area contributed by atoms with E-state index >= 15 is 0 Å². The van der Waals surface area contributed by atoms with Crippen LogP contribution in [0.4, 0.5) is 0 Å². The van der Waals surface area contributed by atoms with Gasteiger partial charge in [0.1, 0.15) is 0 Å². The van der Waals surface area contributed by atoms with E-state index in [9.17, 15) is 19.5 Å². The maximum Gasteiger partial charge on any atom is 0.303 e. The number of carboxylic acid groups (broad SMARTS) is 1. The number of aliphatic hydroxyl groups excluding tert-OH is 1. The molecule has 4 N–H and O–H groups in total. The molecule has 1 saturated carbocycles. The van der Waals surface area contributed by atoms with Crippen LogP contribution in [0, 0.1) is 5.92 Å². The number of carbonyl (C=O) groups is 3. The summed E-state index contributed by atoms with van der Waals surface area (Å²) in [6.45, 7) is 7.05. The lowest BCUT2D eigenvalue weighted by Gasteiger charge is -2.50. The number of hydrogen-bond acceptors (Lipinski definition) is 7. The van der Waals surface area contributed by atoms with Gasteiger partial charge in [0.05, 0.1) is 31.3 Å². The highest BCUT2D eigenvalue weighted by Crippen LogP contribution is 2.42. The van der Waals surface area contributed by atoms with Crippen molar-refractivity contribution in [3.63, 3.8) is 0 Å². The number of likely N-dealkylation sites (tertiary alicyclic amines) is 1. The number of benzene rings is 3. The first-order chi connectivity index (χ1) is 25.5. The Morgan fingerprint density at radius 1 is 0.830 bits per heavy atom. The topological polar surface area (TPSA) is 137 Å². The Kier molecular flexibility index (Phi) is 12.7. The molecule has 2 heterocycles. The molecule has 10 nitrogen and oxygen atoms in total. The van der Waals surface area contributed by atoms with Crippen LogP contribution >= 0.6 is 0 Å². The molecular weight excluding hydrogens is 670 g/mol. The van der Waals surface area contributed by atoms with Crippen LogP contribution in [0.1, 0.15) is 113 Å². The lowest BCUT2D eigenvalue weighted by atomic mass is 9.75. The highest BCUT2D eigenvalue weighted by Gasteiger charge is 2.44. The van der Waals surface area contributed by atoms with Gasteiger partial charge in [-0.3, -0.25) is 19.3 Å². The van der Waals surface area contributed by atoms with Gasteiger partial charge in [-0.15, -0.1) is 0 Å². The molecule has 0 radical (unpaired) electrons. The number of amides is 2. The van der Waals surface area contributed by atoms with Gasteiger partial charge in [-0.1, -0.05) is 79.6 Å². The minimum Gasteiger partial charge on any atom is -0.481 e. The van der Waals surface area contributed by atoms with E-state index in [1.807, 2.05) is 93.6 Å². The number of hydrogen-bond donors (Lipinski definition) is 4. The number of rotatable bonds is 12. The van der Waals surface area contributed by atoms with Crippen molar-refractivity contribution < 1.29 is 34.1 Å². The Bertz CT molecular complexity index is 1700. The summed E-state index contributed by atoms with van der Waals surface area (Å²) in [4.78, 5) is 39.1. The zero-order valence-electron chi connectivity index (χ0n) is 31.3. The van der Waals surface area contributed by atoms with Crippen LogP contribution in [-0.4, -0.2) is 63.2 Å². The second-order valence-corrected chi connectivity index (χ2v) is 16.0. The van der Waals surface area contributed by atoms with Crippen molar-refractivity contribution >= 4 is 17.8 Å². The maximum absolute atomic E-state index is 13.8. The number of carbonyl (C=O) groups excluding carboxylic acids is 2. The highest BCUT2D eigenvalue weighted by atomic mass is 16.7.